The number of hydrogen-bond donors (Lipinski definition) is 0. The summed E-state index contributed by atoms with van der Waals surface area (Å²) in [6.07, 6.45) is 47.4. The van der Waals surface area contributed by atoms with Crippen LogP contribution < -0.4 is 9.47 Å². The van der Waals surface area contributed by atoms with Crippen LogP contribution in [0.15, 0.2) is 60.7 Å². The third-order valence-electron chi connectivity index (χ3n) is 13.4. The molecule has 0 amide bonds. The lowest BCUT2D eigenvalue weighted by atomic mass is 9.90. The number of methoxy groups -OCH3 is 2. The highest BCUT2D eigenvalue weighted by atomic mass is 16.5. The Morgan fingerprint density at radius 2 is 0.567 bits per heavy atom. The van der Waals surface area contributed by atoms with Crippen LogP contribution >= 0.6 is 0 Å². The van der Waals surface area contributed by atoms with E-state index in [9.17, 15) is 0 Å². The highest BCUT2D eigenvalue weighted by Gasteiger charge is 2.19. The number of fused-ring (bicyclic) bond motifs is 2. The summed E-state index contributed by atoms with van der Waals surface area (Å²) in [5, 5.41) is 5.01. The third-order valence-corrected chi connectivity index (χ3v) is 13.4. The zero-order valence-corrected chi connectivity index (χ0v) is 39.6. The molecule has 0 atom stereocenters. The number of aryl methyl sites for hydroxylation is 2. The fourth-order valence-electron chi connectivity index (χ4n) is 9.64. The van der Waals surface area contributed by atoms with Crippen molar-refractivity contribution in [1.82, 2.24) is 0 Å². The van der Waals surface area contributed by atoms with Crippen LogP contribution in [0.3, 0.4) is 0 Å². The normalized spacial score (nSPS) is 11.6. The predicted octanol–water partition coefficient (Wildman–Crippen LogP) is 19.3. The Labute approximate surface area is 370 Å². The van der Waals surface area contributed by atoms with E-state index in [1.165, 1.54) is 238 Å². The molecule has 0 fully saturated rings. The smallest absolute Gasteiger partial charge is 0.127 e. The Balaban J connectivity index is 1.20. The van der Waals surface area contributed by atoms with Crippen LogP contribution in [0, 0.1) is 0 Å². The minimum absolute atomic E-state index is 0.899. The Kier molecular flexibility index (Phi) is 26.3. The van der Waals surface area contributed by atoms with Crippen molar-refractivity contribution < 1.29 is 9.47 Å². The van der Waals surface area contributed by atoms with Crippen LogP contribution in [0.5, 0.6) is 11.5 Å². The second-order valence-corrected chi connectivity index (χ2v) is 18.5. The molecule has 60 heavy (non-hydrogen) atoms. The predicted molar refractivity (Wildman–Crippen MR) is 266 cm³/mol. The van der Waals surface area contributed by atoms with Crippen LogP contribution in [0.1, 0.15) is 230 Å². The van der Waals surface area contributed by atoms with Crippen molar-refractivity contribution in [2.24, 2.45) is 0 Å². The number of unbranched alkanes of at least 4 members (excludes halogenated alkanes) is 30. The van der Waals surface area contributed by atoms with Crippen molar-refractivity contribution in [3.8, 4) is 22.6 Å². The molecule has 0 spiro atoms. The first-order chi connectivity index (χ1) is 29.7. The minimum Gasteiger partial charge on any atom is -0.496 e. The number of hydrogen-bond acceptors (Lipinski definition) is 2. The van der Waals surface area contributed by atoms with Crippen molar-refractivity contribution in [3.63, 3.8) is 0 Å². The lowest BCUT2D eigenvalue weighted by molar-refractivity contribution is 0.411. The molecule has 4 aromatic rings. The Bertz CT molecular complexity index is 1560. The van der Waals surface area contributed by atoms with Gasteiger partial charge in [-0.15, -0.1) is 0 Å². The van der Waals surface area contributed by atoms with Gasteiger partial charge in [0.05, 0.1) is 14.2 Å². The molecule has 2 nitrogen and oxygen atoms in total. The molecule has 2 heteroatoms. The highest BCUT2D eigenvalue weighted by molar-refractivity contribution is 6.10. The molecular weight excluding hydrogens is 729 g/mol. The van der Waals surface area contributed by atoms with E-state index in [1.54, 1.807) is 14.2 Å². The van der Waals surface area contributed by atoms with Gasteiger partial charge in [0, 0.05) is 11.1 Å². The van der Waals surface area contributed by atoms with Gasteiger partial charge >= 0.3 is 0 Å². The van der Waals surface area contributed by atoms with Gasteiger partial charge in [-0.3, -0.25) is 0 Å². The summed E-state index contributed by atoms with van der Waals surface area (Å²) in [6, 6.07) is 23.0. The van der Waals surface area contributed by atoms with Gasteiger partial charge in [-0.25, -0.2) is 0 Å². The molecule has 0 bridgehead atoms. The molecule has 0 heterocycles. The standard InChI is InChI=1S/C58H90O2/c1-5-7-9-11-13-15-17-19-21-23-25-27-29-31-33-35-37-49-39-43-53-51(47-49)41-45-55(59-3)57(53)58-54-44-40-50(48-52(54)42-46-56(58)60-4)38-36-34-32-30-28-26-24-22-20-18-16-14-12-10-8-6-2/h39-48H,5-38H2,1-4H3. The number of benzene rings is 4. The first-order valence-corrected chi connectivity index (χ1v) is 25.9. The fraction of sp³-hybridized carbons (Fsp3) is 0.655. The molecule has 4 rings (SSSR count). The Hall–Kier alpha value is -3.00. The fourth-order valence-corrected chi connectivity index (χ4v) is 9.64. The number of rotatable bonds is 37. The summed E-state index contributed by atoms with van der Waals surface area (Å²) >= 11 is 0. The van der Waals surface area contributed by atoms with Crippen LogP contribution in [0.4, 0.5) is 0 Å². The molecule has 0 radical (unpaired) electrons. The van der Waals surface area contributed by atoms with E-state index in [-0.39, 0.29) is 0 Å². The summed E-state index contributed by atoms with van der Waals surface area (Å²) in [5.74, 6) is 1.80. The molecule has 0 N–H and O–H groups in total. The van der Waals surface area contributed by atoms with Gasteiger partial charge in [-0.2, -0.15) is 0 Å². The maximum atomic E-state index is 6.06. The van der Waals surface area contributed by atoms with Gasteiger partial charge in [0.15, 0.2) is 0 Å². The van der Waals surface area contributed by atoms with E-state index in [2.05, 4.69) is 74.5 Å². The first-order valence-electron chi connectivity index (χ1n) is 25.9. The van der Waals surface area contributed by atoms with Gasteiger partial charge < -0.3 is 9.47 Å². The first kappa shape index (κ1) is 49.7. The van der Waals surface area contributed by atoms with Gasteiger partial charge in [-0.1, -0.05) is 255 Å². The van der Waals surface area contributed by atoms with E-state index < -0.39 is 0 Å². The zero-order chi connectivity index (χ0) is 42.3. The summed E-state index contributed by atoms with van der Waals surface area (Å²) in [5.41, 5.74) is 5.15. The zero-order valence-electron chi connectivity index (χ0n) is 39.6. The van der Waals surface area contributed by atoms with Crippen molar-refractivity contribution in [2.75, 3.05) is 14.2 Å². The second kappa shape index (κ2) is 31.8. The van der Waals surface area contributed by atoms with E-state index in [0.717, 1.165) is 35.5 Å². The van der Waals surface area contributed by atoms with E-state index in [0.29, 0.717) is 0 Å². The van der Waals surface area contributed by atoms with Crippen molar-refractivity contribution in [3.05, 3.63) is 71.8 Å². The average Bonchev–Trinajstić information content (AvgIpc) is 3.27. The summed E-state index contributed by atoms with van der Waals surface area (Å²) in [4.78, 5) is 0. The number of ether oxygens (including phenoxy) is 2. The quantitative estimate of drug-likeness (QED) is 0.0422. The molecule has 0 saturated carbocycles. The Morgan fingerprint density at radius 3 is 0.833 bits per heavy atom. The van der Waals surface area contributed by atoms with E-state index >= 15 is 0 Å². The minimum atomic E-state index is 0.899. The van der Waals surface area contributed by atoms with E-state index in [1.807, 2.05) is 0 Å². The maximum absolute atomic E-state index is 6.06. The molecule has 4 aromatic carbocycles. The molecule has 334 valence electrons. The van der Waals surface area contributed by atoms with Crippen LogP contribution in [-0.4, -0.2) is 14.2 Å². The maximum Gasteiger partial charge on any atom is 0.127 e. The summed E-state index contributed by atoms with van der Waals surface area (Å²) < 4.78 is 12.1. The van der Waals surface area contributed by atoms with Crippen molar-refractivity contribution in [2.45, 2.75) is 232 Å². The summed E-state index contributed by atoms with van der Waals surface area (Å²) in [6.45, 7) is 4.61. The molecular formula is C58H90O2. The molecule has 0 unspecified atom stereocenters. The molecule has 0 aliphatic rings. The van der Waals surface area contributed by atoms with Crippen LogP contribution in [0.25, 0.3) is 32.7 Å². The molecule has 0 saturated heterocycles. The second-order valence-electron chi connectivity index (χ2n) is 18.5. The largest absolute Gasteiger partial charge is 0.496 e. The summed E-state index contributed by atoms with van der Waals surface area (Å²) in [7, 11) is 3.59. The Morgan fingerprint density at radius 1 is 0.300 bits per heavy atom. The average molecular weight is 819 g/mol. The monoisotopic (exact) mass is 819 g/mol. The van der Waals surface area contributed by atoms with Gasteiger partial charge in [0.2, 0.25) is 0 Å². The van der Waals surface area contributed by atoms with E-state index in [4.69, 9.17) is 9.47 Å². The molecule has 0 aliphatic heterocycles. The SMILES string of the molecule is CCCCCCCCCCCCCCCCCCc1ccc2c(-c3c(OC)ccc4cc(CCCCCCCCCCCCCCCCCC)ccc34)c(OC)ccc2c1. The van der Waals surface area contributed by atoms with Crippen LogP contribution in [0.2, 0.25) is 0 Å². The highest BCUT2D eigenvalue weighted by Crippen LogP contribution is 2.45. The topological polar surface area (TPSA) is 18.5 Å². The van der Waals surface area contributed by atoms with Crippen molar-refractivity contribution >= 4 is 21.5 Å². The van der Waals surface area contributed by atoms with Gasteiger partial charge in [-0.05, 0) is 70.5 Å². The lowest BCUT2D eigenvalue weighted by Crippen LogP contribution is -1.96. The van der Waals surface area contributed by atoms with Gasteiger partial charge in [0.1, 0.15) is 11.5 Å². The lowest BCUT2D eigenvalue weighted by Gasteiger charge is -2.18. The van der Waals surface area contributed by atoms with Crippen LogP contribution in [-0.2, 0) is 12.8 Å². The molecule has 0 aliphatic carbocycles. The van der Waals surface area contributed by atoms with Gasteiger partial charge in [0.25, 0.3) is 0 Å². The third kappa shape index (κ3) is 18.5. The molecule has 0 aromatic heterocycles. The van der Waals surface area contributed by atoms with Crippen molar-refractivity contribution in [1.29, 1.82) is 0 Å².